The summed E-state index contributed by atoms with van der Waals surface area (Å²) < 4.78 is 37.6. The zero-order valence-corrected chi connectivity index (χ0v) is 14.1. The van der Waals surface area contributed by atoms with Crippen molar-refractivity contribution in [3.8, 4) is 0 Å². The number of hydrogen-bond donors (Lipinski definition) is 1. The molecule has 0 bridgehead atoms. The predicted octanol–water partition coefficient (Wildman–Crippen LogP) is 1.52. The van der Waals surface area contributed by atoms with Crippen LogP contribution < -0.4 is 0 Å². The van der Waals surface area contributed by atoms with E-state index in [4.69, 9.17) is 14.6 Å². The molecule has 1 amide bonds. The molecule has 0 aromatic carbocycles. The number of carbonyl (C=O) groups excluding carboxylic acids is 1. The summed E-state index contributed by atoms with van der Waals surface area (Å²) in [7, 11) is 2.13. The van der Waals surface area contributed by atoms with E-state index in [-0.39, 0.29) is 12.0 Å². The number of allylic oxidation sites excluding steroid dienone is 1. The van der Waals surface area contributed by atoms with Crippen LogP contribution in [0.3, 0.4) is 0 Å². The van der Waals surface area contributed by atoms with Crippen molar-refractivity contribution in [3.05, 3.63) is 11.6 Å². The Morgan fingerprint density at radius 1 is 1.28 bits per heavy atom. The quantitative estimate of drug-likeness (QED) is 0.764. The van der Waals surface area contributed by atoms with Gasteiger partial charge in [-0.25, -0.2) is 4.79 Å². The van der Waals surface area contributed by atoms with E-state index in [0.717, 1.165) is 57.6 Å². The number of amides is 1. The number of aliphatic carboxylic acids is 1. The molecule has 142 valence electrons. The third-order valence-corrected chi connectivity index (χ3v) is 4.58. The molecule has 25 heavy (non-hydrogen) atoms. The van der Waals surface area contributed by atoms with Crippen molar-refractivity contribution < 1.29 is 32.6 Å². The molecule has 6 nitrogen and oxygen atoms in total. The fourth-order valence-electron chi connectivity index (χ4n) is 3.29. The molecule has 3 rings (SSSR count). The molecule has 0 aromatic rings. The number of carbonyl (C=O) groups is 2. The first-order valence-electron chi connectivity index (χ1n) is 8.27. The molecule has 0 radical (unpaired) electrons. The SMILES string of the molecule is CN1CCO[C@@H]2CN(C(=O)C3=CCCC3)C[C@@H]2C1.O=C(O)C(F)(F)F. The number of fused-ring (bicyclic) bond motifs is 1. The summed E-state index contributed by atoms with van der Waals surface area (Å²) in [5.74, 6) is -2.01. The molecule has 2 fully saturated rings. The van der Waals surface area contributed by atoms with Gasteiger partial charge in [-0.05, 0) is 26.3 Å². The summed E-state index contributed by atoms with van der Waals surface area (Å²) >= 11 is 0. The van der Waals surface area contributed by atoms with Crippen LogP contribution in [0.2, 0.25) is 0 Å². The molecule has 0 spiro atoms. The van der Waals surface area contributed by atoms with E-state index in [1.807, 2.05) is 4.90 Å². The van der Waals surface area contributed by atoms with Gasteiger partial charge in [0.2, 0.25) is 5.91 Å². The Balaban J connectivity index is 0.000000277. The summed E-state index contributed by atoms with van der Waals surface area (Å²) in [5.41, 5.74) is 1.03. The molecular weight excluding hydrogens is 341 g/mol. The number of likely N-dealkylation sites (tertiary alicyclic amines) is 1. The second kappa shape index (κ2) is 8.18. The molecule has 0 saturated carbocycles. The van der Waals surface area contributed by atoms with Crippen molar-refractivity contribution in [1.29, 1.82) is 0 Å². The number of nitrogens with zero attached hydrogens (tertiary/aromatic N) is 2. The average Bonchev–Trinajstić information content (AvgIpc) is 3.14. The second-order valence-electron chi connectivity index (χ2n) is 6.57. The normalized spacial score (nSPS) is 27.0. The summed E-state index contributed by atoms with van der Waals surface area (Å²) in [6.07, 6.45) is 0.456. The maximum Gasteiger partial charge on any atom is 0.490 e. The minimum Gasteiger partial charge on any atom is -0.475 e. The Labute approximate surface area is 144 Å². The molecule has 0 unspecified atom stereocenters. The van der Waals surface area contributed by atoms with Crippen LogP contribution in [0.5, 0.6) is 0 Å². The highest BCUT2D eigenvalue weighted by atomic mass is 19.4. The largest absolute Gasteiger partial charge is 0.490 e. The van der Waals surface area contributed by atoms with Crippen LogP contribution in [0.25, 0.3) is 0 Å². The first kappa shape index (κ1) is 19.7. The van der Waals surface area contributed by atoms with Crippen LogP contribution in [0.4, 0.5) is 13.2 Å². The molecule has 2 atom stereocenters. The number of likely N-dealkylation sites (N-methyl/N-ethyl adjacent to an activating group) is 1. The van der Waals surface area contributed by atoms with E-state index >= 15 is 0 Å². The van der Waals surface area contributed by atoms with Crippen molar-refractivity contribution in [2.24, 2.45) is 5.92 Å². The van der Waals surface area contributed by atoms with Gasteiger partial charge in [0.25, 0.3) is 0 Å². The van der Waals surface area contributed by atoms with Crippen LogP contribution in [0.1, 0.15) is 19.3 Å². The Morgan fingerprint density at radius 2 is 1.96 bits per heavy atom. The number of hydrogen-bond acceptors (Lipinski definition) is 4. The van der Waals surface area contributed by atoms with Gasteiger partial charge >= 0.3 is 12.1 Å². The lowest BCUT2D eigenvalue weighted by molar-refractivity contribution is -0.192. The number of halogens is 3. The van der Waals surface area contributed by atoms with Crippen molar-refractivity contribution >= 4 is 11.9 Å². The lowest BCUT2D eigenvalue weighted by Gasteiger charge is -2.19. The molecule has 0 aromatic heterocycles. The molecular formula is C16H23F3N2O4. The fourth-order valence-corrected chi connectivity index (χ4v) is 3.29. The van der Waals surface area contributed by atoms with Crippen molar-refractivity contribution in [2.45, 2.75) is 31.5 Å². The number of rotatable bonds is 1. The zero-order chi connectivity index (χ0) is 18.6. The lowest BCUT2D eigenvalue weighted by atomic mass is 10.1. The smallest absolute Gasteiger partial charge is 0.475 e. The van der Waals surface area contributed by atoms with Crippen LogP contribution >= 0.6 is 0 Å². The molecule has 2 heterocycles. The number of alkyl halides is 3. The van der Waals surface area contributed by atoms with Crippen molar-refractivity contribution in [1.82, 2.24) is 9.80 Å². The zero-order valence-electron chi connectivity index (χ0n) is 14.1. The Hall–Kier alpha value is -1.61. The molecule has 2 aliphatic heterocycles. The van der Waals surface area contributed by atoms with Gasteiger partial charge in [0.15, 0.2) is 0 Å². The second-order valence-corrected chi connectivity index (χ2v) is 6.57. The van der Waals surface area contributed by atoms with Gasteiger partial charge in [-0.3, -0.25) is 4.79 Å². The van der Waals surface area contributed by atoms with Crippen LogP contribution in [-0.2, 0) is 14.3 Å². The Morgan fingerprint density at radius 3 is 2.52 bits per heavy atom. The molecule has 1 aliphatic carbocycles. The first-order valence-corrected chi connectivity index (χ1v) is 8.27. The van der Waals surface area contributed by atoms with Crippen LogP contribution in [0.15, 0.2) is 11.6 Å². The maximum absolute atomic E-state index is 12.3. The summed E-state index contributed by atoms with van der Waals surface area (Å²) in [6.45, 7) is 4.50. The monoisotopic (exact) mass is 364 g/mol. The van der Waals surface area contributed by atoms with E-state index < -0.39 is 12.1 Å². The van der Waals surface area contributed by atoms with E-state index in [9.17, 15) is 18.0 Å². The van der Waals surface area contributed by atoms with Crippen LogP contribution in [0, 0.1) is 5.92 Å². The predicted molar refractivity (Wildman–Crippen MR) is 82.9 cm³/mol. The number of carboxylic acids is 1. The minimum absolute atomic E-state index is 0.251. The van der Waals surface area contributed by atoms with Gasteiger partial charge in [0.05, 0.1) is 12.7 Å². The van der Waals surface area contributed by atoms with E-state index in [0.29, 0.717) is 5.92 Å². The lowest BCUT2D eigenvalue weighted by Crippen LogP contribution is -2.32. The van der Waals surface area contributed by atoms with Crippen molar-refractivity contribution in [3.63, 3.8) is 0 Å². The topological polar surface area (TPSA) is 70.1 Å². The Kier molecular flexibility index (Phi) is 6.45. The third-order valence-electron chi connectivity index (χ3n) is 4.58. The van der Waals surface area contributed by atoms with Gasteiger partial charge in [0.1, 0.15) is 0 Å². The van der Waals surface area contributed by atoms with Crippen molar-refractivity contribution in [2.75, 3.05) is 39.8 Å². The molecule has 3 aliphatic rings. The summed E-state index contributed by atoms with van der Waals surface area (Å²) in [5, 5.41) is 7.12. The fraction of sp³-hybridized carbons (Fsp3) is 0.750. The summed E-state index contributed by atoms with van der Waals surface area (Å²) in [6, 6.07) is 0. The average molecular weight is 364 g/mol. The van der Waals surface area contributed by atoms with E-state index in [1.165, 1.54) is 0 Å². The minimum atomic E-state index is -5.08. The number of ether oxygens (including phenoxy) is 1. The van der Waals surface area contributed by atoms with Crippen LogP contribution in [-0.4, -0.2) is 78.9 Å². The number of carboxylic acid groups (broad SMARTS) is 1. The summed E-state index contributed by atoms with van der Waals surface area (Å²) in [4.78, 5) is 25.6. The van der Waals surface area contributed by atoms with E-state index in [1.54, 1.807) is 0 Å². The maximum atomic E-state index is 12.3. The Bertz CT molecular complexity index is 536. The van der Waals surface area contributed by atoms with Gasteiger partial charge in [-0.15, -0.1) is 0 Å². The molecule has 2 saturated heterocycles. The third kappa shape index (κ3) is 5.43. The standard InChI is InChI=1S/C14H22N2O2.C2HF3O2/c1-15-6-7-18-13-10-16(9-12(13)8-15)14(17)11-4-2-3-5-11;3-2(4,5)1(6)7/h4,12-13H,2-3,5-10H2,1H3;(H,6,7)/t12-,13+;/m0./s1. The van der Waals surface area contributed by atoms with Gasteiger partial charge in [-0.1, -0.05) is 6.08 Å². The molecule has 9 heteroatoms. The van der Waals surface area contributed by atoms with Gasteiger partial charge < -0.3 is 19.6 Å². The molecule has 1 N–H and O–H groups in total. The first-order chi connectivity index (χ1) is 11.7. The van der Waals surface area contributed by atoms with Gasteiger partial charge in [-0.2, -0.15) is 13.2 Å². The highest BCUT2D eigenvalue weighted by molar-refractivity contribution is 5.94. The van der Waals surface area contributed by atoms with E-state index in [2.05, 4.69) is 18.0 Å². The highest BCUT2D eigenvalue weighted by Gasteiger charge is 2.39. The highest BCUT2D eigenvalue weighted by Crippen LogP contribution is 2.27. The van der Waals surface area contributed by atoms with Gasteiger partial charge in [0, 0.05) is 37.7 Å².